The predicted molar refractivity (Wildman–Crippen MR) is 113 cm³/mol. The Morgan fingerprint density at radius 3 is 2.53 bits per heavy atom. The zero-order valence-electron chi connectivity index (χ0n) is 16.8. The zero-order valence-corrected chi connectivity index (χ0v) is 17.5. The molecule has 0 spiro atoms. The van der Waals surface area contributed by atoms with Gasteiger partial charge in [0.1, 0.15) is 12.4 Å². The molecule has 0 saturated heterocycles. The molecule has 1 aromatic heterocycles. The zero-order chi connectivity index (χ0) is 22.1. The Morgan fingerprint density at radius 1 is 1.23 bits per heavy atom. The van der Waals surface area contributed by atoms with Crippen LogP contribution in [0, 0.1) is 11.3 Å². The molecule has 2 amide bonds. The molecule has 0 atom stereocenters. The van der Waals surface area contributed by atoms with Crippen molar-refractivity contribution in [2.24, 2.45) is 0 Å². The van der Waals surface area contributed by atoms with Gasteiger partial charge < -0.3 is 14.7 Å². The number of carboxylic acid groups (broad SMARTS) is 1. The molecule has 8 nitrogen and oxygen atoms in total. The Balaban J connectivity index is 2.10. The molecular weight excluding hydrogens is 408 g/mol. The van der Waals surface area contributed by atoms with Gasteiger partial charge in [0, 0.05) is 35.6 Å². The number of aromatic nitrogens is 1. The monoisotopic (exact) mass is 430 g/mol. The van der Waals surface area contributed by atoms with Crippen LogP contribution in [0.5, 0.6) is 5.75 Å². The molecule has 2 aromatic rings. The van der Waals surface area contributed by atoms with Gasteiger partial charge in [-0.2, -0.15) is 5.26 Å². The summed E-state index contributed by atoms with van der Waals surface area (Å²) >= 11 is 6.16. The average Bonchev–Trinajstić information content (AvgIpc) is 2.71. The number of ether oxygens (including phenoxy) is 1. The van der Waals surface area contributed by atoms with E-state index in [9.17, 15) is 14.7 Å². The number of carbonyl (C=O) groups is 2. The van der Waals surface area contributed by atoms with Crippen molar-refractivity contribution in [1.82, 2.24) is 9.88 Å². The second kappa shape index (κ2) is 11.0. The first-order valence-corrected chi connectivity index (χ1v) is 9.73. The highest BCUT2D eigenvalue weighted by Crippen LogP contribution is 2.23. The van der Waals surface area contributed by atoms with Crippen LogP contribution < -0.4 is 9.64 Å². The summed E-state index contributed by atoms with van der Waals surface area (Å²) in [5.41, 5.74) is 0.821. The van der Waals surface area contributed by atoms with Crippen LogP contribution in [0.3, 0.4) is 0 Å². The van der Waals surface area contributed by atoms with Gasteiger partial charge in [-0.25, -0.2) is 4.79 Å². The maximum Gasteiger partial charge on any atom is 0.411 e. The molecule has 30 heavy (non-hydrogen) atoms. The fraction of sp³-hybridized carbons (Fsp3) is 0.333. The molecule has 2 rings (SSSR count). The van der Waals surface area contributed by atoms with E-state index in [1.807, 2.05) is 19.9 Å². The third-order valence-electron chi connectivity index (χ3n) is 4.26. The van der Waals surface area contributed by atoms with Crippen LogP contribution in [0.1, 0.15) is 30.6 Å². The number of hydrogen-bond donors (Lipinski definition) is 1. The molecule has 0 bridgehead atoms. The van der Waals surface area contributed by atoms with E-state index in [0.29, 0.717) is 28.6 Å². The van der Waals surface area contributed by atoms with Gasteiger partial charge in [0.25, 0.3) is 5.91 Å². The van der Waals surface area contributed by atoms with Gasteiger partial charge in [0.05, 0.1) is 24.7 Å². The third kappa shape index (κ3) is 6.36. The highest BCUT2D eigenvalue weighted by Gasteiger charge is 2.20. The average molecular weight is 431 g/mol. The topological polar surface area (TPSA) is 107 Å². The minimum Gasteiger partial charge on any atom is -0.492 e. The minimum absolute atomic E-state index is 0.0604. The Kier molecular flexibility index (Phi) is 8.44. The van der Waals surface area contributed by atoms with E-state index in [2.05, 4.69) is 4.98 Å². The minimum atomic E-state index is -1.11. The fourth-order valence-corrected chi connectivity index (χ4v) is 3.04. The highest BCUT2D eigenvalue weighted by molar-refractivity contribution is 6.31. The Bertz CT molecular complexity index is 915. The SMILES string of the molecule is CC(C)N(CCC#N)C(=O)c1cc(Cl)cc(OCCN(C(=O)O)c2ccncc2)c1. The number of benzene rings is 1. The molecular formula is C21H23ClN4O4. The Morgan fingerprint density at radius 2 is 1.93 bits per heavy atom. The molecule has 1 heterocycles. The second-order valence-corrected chi connectivity index (χ2v) is 7.10. The van der Waals surface area contributed by atoms with Crippen LogP contribution >= 0.6 is 11.6 Å². The van der Waals surface area contributed by atoms with Crippen LogP contribution in [0.2, 0.25) is 5.02 Å². The van der Waals surface area contributed by atoms with Gasteiger partial charge in [-0.3, -0.25) is 14.7 Å². The summed E-state index contributed by atoms with van der Waals surface area (Å²) in [5.74, 6) is 0.103. The van der Waals surface area contributed by atoms with E-state index in [1.165, 1.54) is 12.4 Å². The van der Waals surface area contributed by atoms with Crippen molar-refractivity contribution in [3.63, 3.8) is 0 Å². The van der Waals surface area contributed by atoms with Crippen LogP contribution in [0.4, 0.5) is 10.5 Å². The summed E-state index contributed by atoms with van der Waals surface area (Å²) in [6.07, 6.45) is 2.13. The van der Waals surface area contributed by atoms with Crippen molar-refractivity contribution in [3.05, 3.63) is 53.3 Å². The summed E-state index contributed by atoms with van der Waals surface area (Å²) in [6.45, 7) is 4.20. The lowest BCUT2D eigenvalue weighted by Crippen LogP contribution is -2.37. The van der Waals surface area contributed by atoms with Gasteiger partial charge in [0.15, 0.2) is 0 Å². The smallest absolute Gasteiger partial charge is 0.411 e. The standard InChI is InChI=1S/C21H23ClN4O4/c1-15(2)25(9-3-6-23)20(27)16-12-17(22)14-19(13-16)30-11-10-26(21(28)29)18-4-7-24-8-5-18/h4-5,7-8,12-15H,3,9-11H2,1-2H3,(H,28,29). The second-order valence-electron chi connectivity index (χ2n) is 6.66. The first kappa shape index (κ1) is 23.0. The van der Waals surface area contributed by atoms with Crippen molar-refractivity contribution in [3.8, 4) is 11.8 Å². The first-order chi connectivity index (χ1) is 14.3. The number of hydrogen-bond acceptors (Lipinski definition) is 5. The first-order valence-electron chi connectivity index (χ1n) is 9.35. The molecule has 0 aliphatic heterocycles. The summed E-state index contributed by atoms with van der Waals surface area (Å²) in [4.78, 5) is 31.0. The van der Waals surface area contributed by atoms with Crippen molar-refractivity contribution in [1.29, 1.82) is 5.26 Å². The molecule has 1 aromatic carbocycles. The van der Waals surface area contributed by atoms with Gasteiger partial charge in [0.2, 0.25) is 0 Å². The third-order valence-corrected chi connectivity index (χ3v) is 4.47. The molecule has 9 heteroatoms. The van der Waals surface area contributed by atoms with Crippen LogP contribution in [-0.2, 0) is 0 Å². The van der Waals surface area contributed by atoms with E-state index in [4.69, 9.17) is 21.6 Å². The van der Waals surface area contributed by atoms with Crippen molar-refractivity contribution >= 4 is 29.3 Å². The molecule has 0 unspecified atom stereocenters. The summed E-state index contributed by atoms with van der Waals surface area (Å²) in [6, 6.07) is 9.80. The van der Waals surface area contributed by atoms with E-state index in [0.717, 1.165) is 4.90 Å². The van der Waals surface area contributed by atoms with Crippen LogP contribution in [0.15, 0.2) is 42.7 Å². The fourth-order valence-electron chi connectivity index (χ4n) is 2.81. The molecule has 0 fully saturated rings. The Hall–Kier alpha value is -3.31. The van der Waals surface area contributed by atoms with Crippen molar-refractivity contribution in [2.45, 2.75) is 26.3 Å². The number of nitriles is 1. The lowest BCUT2D eigenvalue weighted by molar-refractivity contribution is 0.0709. The van der Waals surface area contributed by atoms with Gasteiger partial charge in [-0.1, -0.05) is 11.6 Å². The summed E-state index contributed by atoms with van der Waals surface area (Å²) in [5, 5.41) is 18.6. The maximum atomic E-state index is 12.9. The molecule has 1 N–H and O–H groups in total. The van der Waals surface area contributed by atoms with Gasteiger partial charge >= 0.3 is 6.09 Å². The van der Waals surface area contributed by atoms with E-state index < -0.39 is 6.09 Å². The van der Waals surface area contributed by atoms with Crippen LogP contribution in [0.25, 0.3) is 0 Å². The number of halogens is 1. The van der Waals surface area contributed by atoms with E-state index in [-0.39, 0.29) is 31.5 Å². The number of carbonyl (C=O) groups excluding carboxylic acids is 1. The lowest BCUT2D eigenvalue weighted by atomic mass is 10.1. The normalized spacial score (nSPS) is 10.4. The lowest BCUT2D eigenvalue weighted by Gasteiger charge is -2.26. The van der Waals surface area contributed by atoms with E-state index >= 15 is 0 Å². The number of pyridine rings is 1. The quantitative estimate of drug-likeness (QED) is 0.642. The van der Waals surface area contributed by atoms with Gasteiger partial charge in [-0.15, -0.1) is 0 Å². The molecule has 0 radical (unpaired) electrons. The number of nitrogens with zero attached hydrogens (tertiary/aromatic N) is 4. The summed E-state index contributed by atoms with van der Waals surface area (Å²) in [7, 11) is 0. The largest absolute Gasteiger partial charge is 0.492 e. The predicted octanol–water partition coefficient (Wildman–Crippen LogP) is 4.06. The number of rotatable bonds is 9. The molecule has 0 saturated carbocycles. The van der Waals surface area contributed by atoms with Crippen molar-refractivity contribution < 1.29 is 19.4 Å². The van der Waals surface area contributed by atoms with Gasteiger partial charge in [-0.05, 0) is 44.2 Å². The van der Waals surface area contributed by atoms with Crippen molar-refractivity contribution in [2.75, 3.05) is 24.6 Å². The summed E-state index contributed by atoms with van der Waals surface area (Å²) < 4.78 is 5.67. The number of amides is 2. The molecule has 0 aliphatic carbocycles. The maximum absolute atomic E-state index is 12.9. The molecule has 0 aliphatic rings. The van der Waals surface area contributed by atoms with Crippen LogP contribution in [-0.4, -0.2) is 52.7 Å². The molecule has 158 valence electrons. The highest BCUT2D eigenvalue weighted by atomic mass is 35.5. The Labute approximate surface area is 180 Å². The van der Waals surface area contributed by atoms with E-state index in [1.54, 1.807) is 35.2 Å². The number of anilines is 1.